The molecule has 1 fully saturated rings. The molecule has 0 saturated carbocycles. The first-order valence-electron chi connectivity index (χ1n) is 9.41. The van der Waals surface area contributed by atoms with Gasteiger partial charge in [0, 0.05) is 55.4 Å². The van der Waals surface area contributed by atoms with E-state index in [-0.39, 0.29) is 11.8 Å². The van der Waals surface area contributed by atoms with Crippen LogP contribution in [0.1, 0.15) is 55.0 Å². The monoisotopic (exact) mass is 364 g/mol. The Morgan fingerprint density at radius 2 is 2.07 bits per heavy atom. The van der Waals surface area contributed by atoms with Crippen LogP contribution in [0.25, 0.3) is 11.3 Å². The second kappa shape index (κ2) is 7.34. The maximum atomic E-state index is 13.0. The van der Waals surface area contributed by atoms with E-state index in [1.165, 1.54) is 0 Å². The summed E-state index contributed by atoms with van der Waals surface area (Å²) < 4.78 is 2.20. The molecule has 7 nitrogen and oxygen atoms in total. The molecule has 0 aliphatic carbocycles. The molecule has 3 aromatic heterocycles. The third-order valence-corrected chi connectivity index (χ3v) is 5.11. The fraction of sp³-hybridized carbons (Fsp3) is 0.400. The van der Waals surface area contributed by atoms with Crippen molar-refractivity contribution in [3.63, 3.8) is 0 Å². The van der Waals surface area contributed by atoms with E-state index in [2.05, 4.69) is 38.6 Å². The van der Waals surface area contributed by atoms with Crippen LogP contribution in [0.4, 0.5) is 0 Å². The molecule has 0 radical (unpaired) electrons. The minimum absolute atomic E-state index is 0.00448. The molecular formula is C20H24N6O. The van der Waals surface area contributed by atoms with Gasteiger partial charge in [-0.2, -0.15) is 5.10 Å². The van der Waals surface area contributed by atoms with Crippen LogP contribution in [0.15, 0.2) is 43.0 Å². The highest BCUT2D eigenvalue weighted by Crippen LogP contribution is 2.28. The lowest BCUT2D eigenvalue weighted by atomic mass is 9.96. The largest absolute Gasteiger partial charge is 0.337 e. The Balaban J connectivity index is 1.51. The van der Waals surface area contributed by atoms with Crippen molar-refractivity contribution in [3.8, 4) is 11.3 Å². The zero-order valence-electron chi connectivity index (χ0n) is 15.7. The number of aromatic nitrogens is 5. The van der Waals surface area contributed by atoms with Crippen molar-refractivity contribution in [1.29, 1.82) is 0 Å². The number of H-pyrrole nitrogens is 1. The molecule has 1 atom stereocenters. The molecule has 4 rings (SSSR count). The maximum absolute atomic E-state index is 13.0. The van der Waals surface area contributed by atoms with Gasteiger partial charge in [0.2, 0.25) is 0 Å². The van der Waals surface area contributed by atoms with Crippen molar-refractivity contribution in [2.24, 2.45) is 0 Å². The molecule has 0 bridgehead atoms. The Labute approximate surface area is 158 Å². The molecule has 27 heavy (non-hydrogen) atoms. The van der Waals surface area contributed by atoms with Crippen molar-refractivity contribution < 1.29 is 4.79 Å². The van der Waals surface area contributed by atoms with Gasteiger partial charge in [-0.25, -0.2) is 4.98 Å². The van der Waals surface area contributed by atoms with E-state index < -0.39 is 0 Å². The number of likely N-dealkylation sites (tertiary alicyclic amines) is 1. The lowest BCUT2D eigenvalue weighted by molar-refractivity contribution is 0.0697. The van der Waals surface area contributed by atoms with Crippen LogP contribution < -0.4 is 0 Å². The number of hydrogen-bond acceptors (Lipinski definition) is 4. The van der Waals surface area contributed by atoms with Crippen molar-refractivity contribution in [1.82, 2.24) is 29.6 Å². The van der Waals surface area contributed by atoms with E-state index in [0.29, 0.717) is 18.3 Å². The summed E-state index contributed by atoms with van der Waals surface area (Å²) in [4.78, 5) is 23.5. The quantitative estimate of drug-likeness (QED) is 0.770. The summed E-state index contributed by atoms with van der Waals surface area (Å²) in [5.41, 5.74) is 2.22. The summed E-state index contributed by atoms with van der Waals surface area (Å²) in [6, 6.07) is 5.94. The topological polar surface area (TPSA) is 79.7 Å². The number of amides is 1. The molecule has 4 heterocycles. The Hall–Kier alpha value is -2.96. The smallest absolute Gasteiger partial charge is 0.271 e. The number of pyridine rings is 1. The molecule has 0 spiro atoms. The highest BCUT2D eigenvalue weighted by Gasteiger charge is 2.29. The Morgan fingerprint density at radius 1 is 1.26 bits per heavy atom. The molecule has 0 unspecified atom stereocenters. The minimum atomic E-state index is -0.00448. The number of nitrogens with one attached hydrogen (secondary N) is 1. The summed E-state index contributed by atoms with van der Waals surface area (Å²) in [6.45, 7) is 5.76. The van der Waals surface area contributed by atoms with Crippen molar-refractivity contribution in [2.45, 2.75) is 38.6 Å². The maximum Gasteiger partial charge on any atom is 0.271 e. The summed E-state index contributed by atoms with van der Waals surface area (Å²) in [5.74, 6) is 1.34. The molecule has 1 aliphatic rings. The van der Waals surface area contributed by atoms with E-state index >= 15 is 0 Å². The second-order valence-electron chi connectivity index (χ2n) is 7.28. The SMILES string of the molecule is CC(C)n1ccnc1[C@H]1CCCN(C(=O)c2cc(-c3ccncc3)n[nH]2)C1. The number of nitrogens with zero attached hydrogens (tertiary/aromatic N) is 5. The molecule has 1 N–H and O–H groups in total. The average Bonchev–Trinajstić information content (AvgIpc) is 3.38. The fourth-order valence-corrected chi connectivity index (χ4v) is 3.72. The Morgan fingerprint density at radius 3 is 2.85 bits per heavy atom. The van der Waals surface area contributed by atoms with E-state index in [1.807, 2.05) is 35.5 Å². The summed E-state index contributed by atoms with van der Waals surface area (Å²) in [6.07, 6.45) is 9.35. The molecule has 1 saturated heterocycles. The van der Waals surface area contributed by atoms with Crippen molar-refractivity contribution >= 4 is 5.91 Å². The van der Waals surface area contributed by atoms with Gasteiger partial charge in [0.25, 0.3) is 5.91 Å². The normalized spacial score (nSPS) is 17.4. The minimum Gasteiger partial charge on any atom is -0.337 e. The van der Waals surface area contributed by atoms with Gasteiger partial charge < -0.3 is 9.47 Å². The van der Waals surface area contributed by atoms with E-state index in [1.54, 1.807) is 12.4 Å². The lowest BCUT2D eigenvalue weighted by Gasteiger charge is -2.32. The second-order valence-corrected chi connectivity index (χ2v) is 7.28. The zero-order chi connectivity index (χ0) is 18.8. The summed E-state index contributed by atoms with van der Waals surface area (Å²) in [5, 5.41) is 7.19. The van der Waals surface area contributed by atoms with Gasteiger partial charge in [-0.1, -0.05) is 0 Å². The number of aromatic amines is 1. The molecule has 3 aromatic rings. The zero-order valence-corrected chi connectivity index (χ0v) is 15.7. The molecule has 7 heteroatoms. The molecule has 1 amide bonds. The summed E-state index contributed by atoms with van der Waals surface area (Å²) >= 11 is 0. The standard InChI is InChI=1S/C20H24N6O/c1-14(2)26-11-9-22-19(26)16-4-3-10-25(13-16)20(27)18-12-17(23-24-18)15-5-7-21-8-6-15/h5-9,11-12,14,16H,3-4,10,13H2,1-2H3,(H,23,24)/t16-/m0/s1. The third-order valence-electron chi connectivity index (χ3n) is 5.11. The van der Waals surface area contributed by atoms with Gasteiger partial charge in [-0.3, -0.25) is 14.9 Å². The molecule has 0 aromatic carbocycles. The summed E-state index contributed by atoms with van der Waals surface area (Å²) in [7, 11) is 0. The van der Waals surface area contributed by atoms with E-state index in [4.69, 9.17) is 0 Å². The van der Waals surface area contributed by atoms with Gasteiger partial charge in [-0.05, 0) is 44.9 Å². The van der Waals surface area contributed by atoms with Gasteiger partial charge in [0.1, 0.15) is 11.5 Å². The third kappa shape index (κ3) is 3.49. The average molecular weight is 364 g/mol. The lowest BCUT2D eigenvalue weighted by Crippen LogP contribution is -2.40. The van der Waals surface area contributed by atoms with Crippen LogP contribution in [0.2, 0.25) is 0 Å². The van der Waals surface area contributed by atoms with Gasteiger partial charge >= 0.3 is 0 Å². The Bertz CT molecular complexity index is 913. The first kappa shape index (κ1) is 17.5. The number of carbonyl (C=O) groups excluding carboxylic acids is 1. The predicted molar refractivity (Wildman–Crippen MR) is 102 cm³/mol. The first-order valence-corrected chi connectivity index (χ1v) is 9.41. The van der Waals surface area contributed by atoms with Crippen LogP contribution in [-0.2, 0) is 0 Å². The van der Waals surface area contributed by atoms with Gasteiger partial charge in [0.15, 0.2) is 0 Å². The van der Waals surface area contributed by atoms with Gasteiger partial charge in [0.05, 0.1) is 5.69 Å². The van der Waals surface area contributed by atoms with Crippen molar-refractivity contribution in [3.05, 3.63) is 54.5 Å². The molecular weight excluding hydrogens is 340 g/mol. The van der Waals surface area contributed by atoms with Crippen LogP contribution in [0, 0.1) is 0 Å². The highest BCUT2D eigenvalue weighted by molar-refractivity contribution is 5.93. The number of imidazole rings is 1. The number of rotatable bonds is 4. The number of hydrogen-bond donors (Lipinski definition) is 1. The number of piperidine rings is 1. The van der Waals surface area contributed by atoms with Crippen LogP contribution >= 0.6 is 0 Å². The predicted octanol–water partition coefficient (Wildman–Crippen LogP) is 3.27. The molecule has 1 aliphatic heterocycles. The molecule has 140 valence electrons. The van der Waals surface area contributed by atoms with Crippen LogP contribution in [0.3, 0.4) is 0 Å². The van der Waals surface area contributed by atoms with E-state index in [9.17, 15) is 4.79 Å². The first-order chi connectivity index (χ1) is 13.1. The van der Waals surface area contributed by atoms with Crippen LogP contribution in [0.5, 0.6) is 0 Å². The number of carbonyl (C=O) groups is 1. The Kier molecular flexibility index (Phi) is 4.75. The van der Waals surface area contributed by atoms with Crippen LogP contribution in [-0.4, -0.2) is 48.6 Å². The fourth-order valence-electron chi connectivity index (χ4n) is 3.72. The van der Waals surface area contributed by atoms with Gasteiger partial charge in [-0.15, -0.1) is 0 Å². The highest BCUT2D eigenvalue weighted by atomic mass is 16.2. The van der Waals surface area contributed by atoms with E-state index in [0.717, 1.165) is 36.5 Å². The van der Waals surface area contributed by atoms with Crippen molar-refractivity contribution in [2.75, 3.05) is 13.1 Å².